The third-order valence-electron chi connectivity index (χ3n) is 4.10. The van der Waals surface area contributed by atoms with E-state index in [-0.39, 0.29) is 24.7 Å². The van der Waals surface area contributed by atoms with Crippen molar-refractivity contribution in [1.29, 1.82) is 0 Å². The van der Waals surface area contributed by atoms with Gasteiger partial charge in [0.1, 0.15) is 6.04 Å². The molecule has 0 saturated carbocycles. The van der Waals surface area contributed by atoms with Crippen molar-refractivity contribution in [3.05, 3.63) is 47.0 Å². The molecule has 2 heterocycles. The van der Waals surface area contributed by atoms with Crippen LogP contribution in [0.15, 0.2) is 35.7 Å². The zero-order valence-electron chi connectivity index (χ0n) is 14.4. The quantitative estimate of drug-likeness (QED) is 0.730. The molecule has 1 saturated heterocycles. The predicted molar refractivity (Wildman–Crippen MR) is 98.9 cm³/mol. The lowest BCUT2D eigenvalue weighted by Gasteiger charge is -2.13. The van der Waals surface area contributed by atoms with Gasteiger partial charge in [0.15, 0.2) is 5.13 Å². The molecule has 1 aromatic heterocycles. The summed E-state index contributed by atoms with van der Waals surface area (Å²) in [7, 11) is 0. The van der Waals surface area contributed by atoms with E-state index in [2.05, 4.69) is 15.6 Å². The summed E-state index contributed by atoms with van der Waals surface area (Å²) in [4.78, 5) is 41.8. The highest BCUT2D eigenvalue weighted by Gasteiger charge is 2.37. The number of rotatable bonds is 7. The molecule has 1 aromatic carbocycles. The summed E-state index contributed by atoms with van der Waals surface area (Å²) in [5.74, 6) is -0.493. The van der Waals surface area contributed by atoms with Crippen LogP contribution < -0.4 is 10.6 Å². The first-order chi connectivity index (χ1) is 12.5. The predicted octanol–water partition coefficient (Wildman–Crippen LogP) is 2.33. The lowest BCUT2D eigenvalue weighted by molar-refractivity contribution is -0.127. The Morgan fingerprint density at radius 3 is 2.77 bits per heavy atom. The standard InChI is InChI=1S/C18H20N4O3S/c1-12-11-26-17(19-12)21-15(23)8-7-14-16(24)22(18(25)20-14)10-9-13-5-3-2-4-6-13/h2-6,11,14H,7-10H2,1H3,(H,20,25)(H,19,21,23)/t14-/m0/s1. The first-order valence-corrected chi connectivity index (χ1v) is 9.28. The van der Waals surface area contributed by atoms with E-state index in [1.807, 2.05) is 42.6 Å². The molecule has 0 radical (unpaired) electrons. The maximum absolute atomic E-state index is 12.4. The SMILES string of the molecule is Cc1csc(NC(=O)CC[C@@H]2NC(=O)N(CCc3ccccc3)C2=O)n1. The summed E-state index contributed by atoms with van der Waals surface area (Å²) >= 11 is 1.35. The maximum atomic E-state index is 12.4. The van der Waals surface area contributed by atoms with Gasteiger partial charge in [0.25, 0.3) is 5.91 Å². The average Bonchev–Trinajstić information content (AvgIpc) is 3.15. The summed E-state index contributed by atoms with van der Waals surface area (Å²) in [5.41, 5.74) is 1.91. The van der Waals surface area contributed by atoms with Gasteiger partial charge in [0, 0.05) is 18.3 Å². The van der Waals surface area contributed by atoms with Crippen LogP contribution in [0.25, 0.3) is 0 Å². The lowest BCUT2D eigenvalue weighted by Crippen LogP contribution is -2.33. The summed E-state index contributed by atoms with van der Waals surface area (Å²) < 4.78 is 0. The molecule has 0 aliphatic carbocycles. The fourth-order valence-electron chi connectivity index (χ4n) is 2.74. The number of carbonyl (C=O) groups is 3. The van der Waals surface area contributed by atoms with Crippen molar-refractivity contribution in [2.75, 3.05) is 11.9 Å². The van der Waals surface area contributed by atoms with Crippen LogP contribution in [0.3, 0.4) is 0 Å². The van der Waals surface area contributed by atoms with Crippen LogP contribution in [0.2, 0.25) is 0 Å². The normalized spacial score (nSPS) is 16.7. The molecule has 1 aliphatic heterocycles. The van der Waals surface area contributed by atoms with Crippen LogP contribution in [-0.4, -0.2) is 40.3 Å². The highest BCUT2D eigenvalue weighted by molar-refractivity contribution is 7.13. The van der Waals surface area contributed by atoms with Gasteiger partial charge in [-0.05, 0) is 25.3 Å². The van der Waals surface area contributed by atoms with Gasteiger partial charge < -0.3 is 10.6 Å². The average molecular weight is 372 g/mol. The molecule has 26 heavy (non-hydrogen) atoms. The number of anilines is 1. The van der Waals surface area contributed by atoms with Crippen molar-refractivity contribution in [1.82, 2.24) is 15.2 Å². The second kappa shape index (κ2) is 8.09. The molecule has 3 rings (SSSR count). The first-order valence-electron chi connectivity index (χ1n) is 8.40. The largest absolute Gasteiger partial charge is 0.326 e. The summed E-state index contributed by atoms with van der Waals surface area (Å²) in [6.45, 7) is 2.18. The van der Waals surface area contributed by atoms with Gasteiger partial charge in [-0.15, -0.1) is 11.3 Å². The molecule has 1 atom stereocenters. The Morgan fingerprint density at radius 2 is 2.08 bits per heavy atom. The number of imide groups is 1. The Balaban J connectivity index is 1.48. The smallest absolute Gasteiger partial charge is 0.324 e. The van der Waals surface area contributed by atoms with Crippen LogP contribution in [-0.2, 0) is 16.0 Å². The fourth-order valence-corrected chi connectivity index (χ4v) is 3.44. The van der Waals surface area contributed by atoms with Crippen molar-refractivity contribution < 1.29 is 14.4 Å². The van der Waals surface area contributed by atoms with E-state index in [1.54, 1.807) is 0 Å². The van der Waals surface area contributed by atoms with Gasteiger partial charge in [-0.3, -0.25) is 14.5 Å². The van der Waals surface area contributed by atoms with Crippen molar-refractivity contribution >= 4 is 34.3 Å². The Morgan fingerprint density at radius 1 is 1.31 bits per heavy atom. The Labute approximate surface area is 155 Å². The fraction of sp³-hybridized carbons (Fsp3) is 0.333. The number of nitrogens with zero attached hydrogens (tertiary/aromatic N) is 2. The third kappa shape index (κ3) is 4.45. The second-order valence-corrected chi connectivity index (χ2v) is 6.97. The molecular weight excluding hydrogens is 352 g/mol. The topological polar surface area (TPSA) is 91.4 Å². The minimum atomic E-state index is -0.651. The number of urea groups is 1. The number of amides is 4. The van der Waals surface area contributed by atoms with Gasteiger partial charge in [-0.1, -0.05) is 30.3 Å². The van der Waals surface area contributed by atoms with Crippen LogP contribution >= 0.6 is 11.3 Å². The molecule has 4 amide bonds. The van der Waals surface area contributed by atoms with Crippen molar-refractivity contribution in [2.45, 2.75) is 32.2 Å². The molecule has 2 N–H and O–H groups in total. The van der Waals surface area contributed by atoms with Crippen molar-refractivity contribution in [3.63, 3.8) is 0 Å². The molecule has 136 valence electrons. The number of carbonyl (C=O) groups excluding carboxylic acids is 3. The van der Waals surface area contributed by atoms with Crippen LogP contribution in [0.1, 0.15) is 24.1 Å². The minimum absolute atomic E-state index is 0.141. The van der Waals surface area contributed by atoms with E-state index in [0.717, 1.165) is 11.3 Å². The highest BCUT2D eigenvalue weighted by Crippen LogP contribution is 2.16. The maximum Gasteiger partial charge on any atom is 0.324 e. The lowest BCUT2D eigenvalue weighted by atomic mass is 10.1. The number of benzene rings is 1. The van der Waals surface area contributed by atoms with E-state index in [4.69, 9.17) is 0 Å². The molecule has 0 bridgehead atoms. The van der Waals surface area contributed by atoms with E-state index in [9.17, 15) is 14.4 Å². The number of aryl methyl sites for hydroxylation is 1. The Kier molecular flexibility index (Phi) is 5.62. The summed E-state index contributed by atoms with van der Waals surface area (Å²) in [6.07, 6.45) is 1.01. The molecule has 0 spiro atoms. The van der Waals surface area contributed by atoms with E-state index in [1.165, 1.54) is 16.2 Å². The zero-order chi connectivity index (χ0) is 18.5. The molecule has 7 nitrogen and oxygen atoms in total. The number of hydrogen-bond acceptors (Lipinski definition) is 5. The van der Waals surface area contributed by atoms with E-state index in [0.29, 0.717) is 18.1 Å². The number of aromatic nitrogens is 1. The number of hydrogen-bond donors (Lipinski definition) is 2. The monoisotopic (exact) mass is 372 g/mol. The van der Waals surface area contributed by atoms with Gasteiger partial charge in [0.05, 0.1) is 5.69 Å². The van der Waals surface area contributed by atoms with Gasteiger partial charge in [-0.2, -0.15) is 0 Å². The minimum Gasteiger partial charge on any atom is -0.326 e. The van der Waals surface area contributed by atoms with Gasteiger partial charge in [0.2, 0.25) is 5.91 Å². The van der Waals surface area contributed by atoms with Gasteiger partial charge in [-0.25, -0.2) is 9.78 Å². The molecule has 2 aromatic rings. The molecule has 8 heteroatoms. The zero-order valence-corrected chi connectivity index (χ0v) is 15.2. The van der Waals surface area contributed by atoms with Crippen molar-refractivity contribution in [3.8, 4) is 0 Å². The molecule has 1 fully saturated rings. The van der Waals surface area contributed by atoms with Crippen LogP contribution in [0.5, 0.6) is 0 Å². The second-order valence-electron chi connectivity index (χ2n) is 6.11. The van der Waals surface area contributed by atoms with E-state index >= 15 is 0 Å². The molecular formula is C18H20N4O3S. The van der Waals surface area contributed by atoms with Gasteiger partial charge >= 0.3 is 6.03 Å². The number of thiazole rings is 1. The van der Waals surface area contributed by atoms with Crippen LogP contribution in [0.4, 0.5) is 9.93 Å². The molecule has 0 unspecified atom stereocenters. The Hall–Kier alpha value is -2.74. The molecule has 1 aliphatic rings. The third-order valence-corrected chi connectivity index (χ3v) is 4.97. The highest BCUT2D eigenvalue weighted by atomic mass is 32.1. The summed E-state index contributed by atoms with van der Waals surface area (Å²) in [5, 5.41) is 7.75. The first kappa shape index (κ1) is 18.1. The Bertz CT molecular complexity index is 806. The van der Waals surface area contributed by atoms with Crippen LogP contribution in [0, 0.1) is 6.92 Å². The number of nitrogens with one attached hydrogen (secondary N) is 2. The van der Waals surface area contributed by atoms with E-state index < -0.39 is 12.1 Å². The van der Waals surface area contributed by atoms with Crippen molar-refractivity contribution in [2.24, 2.45) is 0 Å². The summed E-state index contributed by atoms with van der Waals surface area (Å²) in [6, 6.07) is 8.64.